The van der Waals surface area contributed by atoms with Gasteiger partial charge in [0.15, 0.2) is 0 Å². The number of hydrogen-bond donors (Lipinski definition) is 1. The van der Waals surface area contributed by atoms with Gasteiger partial charge in [-0.15, -0.1) is 4.73 Å². The van der Waals surface area contributed by atoms with E-state index in [-0.39, 0.29) is 29.8 Å². The molecule has 0 fully saturated rings. The first-order valence-corrected chi connectivity index (χ1v) is 8.85. The van der Waals surface area contributed by atoms with Crippen LogP contribution in [0.4, 0.5) is 0 Å². The Morgan fingerprint density at radius 3 is 2.67 bits per heavy atom. The summed E-state index contributed by atoms with van der Waals surface area (Å²) < 4.78 is 7.44. The van der Waals surface area contributed by atoms with Crippen molar-refractivity contribution in [3.05, 3.63) is 63.0 Å². The summed E-state index contributed by atoms with van der Waals surface area (Å²) in [5.74, 6) is 0.129. The predicted octanol–water partition coefficient (Wildman–Crippen LogP) is 2.42. The first-order chi connectivity index (χ1) is 12.8. The summed E-state index contributed by atoms with van der Waals surface area (Å²) in [4.78, 5) is 27.2. The first kappa shape index (κ1) is 18.7. The molecule has 0 amide bonds. The number of H-pyrrole nitrogens is 1. The maximum Gasteiger partial charge on any atom is 0.400 e. The highest BCUT2D eigenvalue weighted by molar-refractivity contribution is 5.93. The Labute approximate surface area is 156 Å². The van der Waals surface area contributed by atoms with Gasteiger partial charge < -0.3 is 14.9 Å². The zero-order valence-electron chi connectivity index (χ0n) is 15.9. The van der Waals surface area contributed by atoms with E-state index in [1.165, 1.54) is 14.0 Å². The van der Waals surface area contributed by atoms with Crippen LogP contribution >= 0.6 is 0 Å². The lowest BCUT2D eigenvalue weighted by molar-refractivity contribution is -0.622. The van der Waals surface area contributed by atoms with Crippen LogP contribution in [0.5, 0.6) is 5.88 Å². The fourth-order valence-corrected chi connectivity index (χ4v) is 3.33. The molecule has 1 N–H and O–H groups in total. The number of aromatic amines is 1. The second-order valence-electron chi connectivity index (χ2n) is 7.02. The van der Waals surface area contributed by atoms with Crippen LogP contribution < -0.4 is 15.0 Å². The monoisotopic (exact) mass is 369 g/mol. The van der Waals surface area contributed by atoms with Crippen molar-refractivity contribution in [1.29, 1.82) is 0 Å². The van der Waals surface area contributed by atoms with Crippen LogP contribution in [-0.2, 0) is 12.8 Å². The number of fused-ring (bicyclic) bond motifs is 1. The van der Waals surface area contributed by atoms with Crippen LogP contribution in [0.25, 0.3) is 10.9 Å². The van der Waals surface area contributed by atoms with Gasteiger partial charge in [0.2, 0.25) is 5.91 Å². The molecule has 27 heavy (non-hydrogen) atoms. The van der Waals surface area contributed by atoms with Crippen LogP contribution in [-0.4, -0.2) is 22.6 Å². The van der Waals surface area contributed by atoms with E-state index in [2.05, 4.69) is 4.98 Å². The minimum Gasteiger partial charge on any atom is -0.616 e. The van der Waals surface area contributed by atoms with Crippen molar-refractivity contribution in [2.45, 2.75) is 33.6 Å². The third kappa shape index (κ3) is 3.45. The summed E-state index contributed by atoms with van der Waals surface area (Å²) >= 11 is 0. The molecular weight excluding hydrogens is 346 g/mol. The Kier molecular flexibility index (Phi) is 5.03. The second-order valence-corrected chi connectivity index (χ2v) is 7.02. The van der Waals surface area contributed by atoms with Crippen LogP contribution in [0.1, 0.15) is 42.5 Å². The quantitative estimate of drug-likeness (QED) is 0.552. The molecular formula is C20H23N3O4. The third-order valence-electron chi connectivity index (χ3n) is 4.51. The van der Waals surface area contributed by atoms with Gasteiger partial charge >= 0.3 is 11.4 Å². The summed E-state index contributed by atoms with van der Waals surface area (Å²) in [5, 5.41) is 13.5. The molecule has 3 aromatic rings. The van der Waals surface area contributed by atoms with Gasteiger partial charge in [0.25, 0.3) is 5.69 Å². The Balaban J connectivity index is 2.13. The number of benzene rings is 1. The zero-order valence-corrected chi connectivity index (χ0v) is 15.9. The number of hydrogen-bond acceptors (Lipinski definition) is 4. The minimum atomic E-state index is -0.412. The van der Waals surface area contributed by atoms with Crippen molar-refractivity contribution < 1.29 is 14.3 Å². The number of aromatic nitrogens is 3. The molecule has 0 aliphatic rings. The van der Waals surface area contributed by atoms with Crippen molar-refractivity contribution in [2.75, 3.05) is 7.11 Å². The largest absolute Gasteiger partial charge is 0.616 e. The van der Waals surface area contributed by atoms with Crippen molar-refractivity contribution in [3.63, 3.8) is 0 Å². The van der Waals surface area contributed by atoms with Crippen molar-refractivity contribution in [1.82, 2.24) is 9.55 Å². The number of carbonyl (C=O) groups is 1. The molecule has 2 aromatic heterocycles. The first-order valence-electron chi connectivity index (χ1n) is 8.85. The van der Waals surface area contributed by atoms with E-state index in [9.17, 15) is 14.8 Å². The Morgan fingerprint density at radius 2 is 2.04 bits per heavy atom. The lowest BCUT2D eigenvalue weighted by Crippen LogP contribution is -2.43. The normalized spacial score (nSPS) is 11.3. The van der Waals surface area contributed by atoms with E-state index in [1.807, 2.05) is 38.1 Å². The Bertz CT molecular complexity index is 1060. The SMILES string of the molecule is COc1c(Cc2cn(C(C)=O)c3ccccc23)[nH]c(=O)c(CC(C)C)[n+]1[O-]. The molecule has 7 heteroatoms. The standard InChI is InChI=1S/C20H23N3O4/c1-12(2)9-18-19(25)21-16(20(27-4)23(18)26)10-14-11-22(13(3)24)17-8-6-5-7-15(14)17/h5-8,11-12H,9-10H2,1-4H3,(H,21,25). The number of carbonyl (C=O) groups excluding carboxylic acids is 1. The Morgan fingerprint density at radius 1 is 1.33 bits per heavy atom. The highest BCUT2D eigenvalue weighted by Gasteiger charge is 2.24. The van der Waals surface area contributed by atoms with Gasteiger partial charge in [-0.2, -0.15) is 0 Å². The summed E-state index contributed by atoms with van der Waals surface area (Å²) in [6.07, 6.45) is 2.37. The number of rotatable bonds is 5. The molecule has 0 atom stereocenters. The average molecular weight is 369 g/mol. The zero-order chi connectivity index (χ0) is 19.7. The lowest BCUT2D eigenvalue weighted by Gasteiger charge is -2.12. The van der Waals surface area contributed by atoms with Gasteiger partial charge in [-0.3, -0.25) is 14.2 Å². The number of methoxy groups -OCH3 is 1. The molecule has 0 unspecified atom stereocenters. The third-order valence-corrected chi connectivity index (χ3v) is 4.51. The molecule has 0 spiro atoms. The highest BCUT2D eigenvalue weighted by Crippen LogP contribution is 2.25. The van der Waals surface area contributed by atoms with E-state index in [4.69, 9.17) is 4.74 Å². The van der Waals surface area contributed by atoms with Gasteiger partial charge in [0.05, 0.1) is 12.6 Å². The summed E-state index contributed by atoms with van der Waals surface area (Å²) in [7, 11) is 1.41. The van der Waals surface area contributed by atoms with Crippen molar-refractivity contribution in [3.8, 4) is 5.88 Å². The van der Waals surface area contributed by atoms with Crippen LogP contribution in [0.3, 0.4) is 0 Å². The molecule has 0 aliphatic carbocycles. The van der Waals surface area contributed by atoms with E-state index in [0.717, 1.165) is 16.5 Å². The summed E-state index contributed by atoms with van der Waals surface area (Å²) in [6, 6.07) is 7.52. The molecule has 1 aromatic carbocycles. The van der Waals surface area contributed by atoms with Gasteiger partial charge in [0.1, 0.15) is 5.69 Å². The molecule has 7 nitrogen and oxygen atoms in total. The summed E-state index contributed by atoms with van der Waals surface area (Å²) in [5.41, 5.74) is 1.72. The fraction of sp³-hybridized carbons (Fsp3) is 0.350. The molecule has 0 aliphatic heterocycles. The van der Waals surface area contributed by atoms with E-state index in [0.29, 0.717) is 16.8 Å². The van der Waals surface area contributed by atoms with E-state index in [1.54, 1.807) is 10.8 Å². The molecule has 0 saturated heterocycles. The number of nitrogens with one attached hydrogen (secondary N) is 1. The van der Waals surface area contributed by atoms with E-state index < -0.39 is 5.56 Å². The number of para-hydroxylation sites is 1. The molecule has 142 valence electrons. The minimum absolute atomic E-state index is 0.0740. The predicted molar refractivity (Wildman–Crippen MR) is 102 cm³/mol. The van der Waals surface area contributed by atoms with Gasteiger partial charge in [-0.05, 0) is 17.5 Å². The number of nitrogens with zero attached hydrogens (tertiary/aromatic N) is 2. The Hall–Kier alpha value is -3.09. The van der Waals surface area contributed by atoms with Crippen molar-refractivity contribution in [2.24, 2.45) is 5.92 Å². The number of ether oxygens (including phenoxy) is 1. The topological polar surface area (TPSA) is 91.0 Å². The maximum absolute atomic E-state index is 12.7. The van der Waals surface area contributed by atoms with Crippen LogP contribution in [0.2, 0.25) is 0 Å². The second kappa shape index (κ2) is 7.26. The van der Waals surface area contributed by atoms with E-state index >= 15 is 0 Å². The smallest absolute Gasteiger partial charge is 0.400 e. The summed E-state index contributed by atoms with van der Waals surface area (Å²) in [6.45, 7) is 5.37. The maximum atomic E-state index is 12.7. The molecule has 2 heterocycles. The van der Waals surface area contributed by atoms with Gasteiger partial charge in [0, 0.05) is 31.3 Å². The van der Waals surface area contributed by atoms with Gasteiger partial charge in [-0.25, -0.2) is 0 Å². The molecule has 0 saturated carbocycles. The average Bonchev–Trinajstić information content (AvgIpc) is 2.98. The fourth-order valence-electron chi connectivity index (χ4n) is 3.33. The van der Waals surface area contributed by atoms with Crippen LogP contribution in [0, 0.1) is 11.1 Å². The van der Waals surface area contributed by atoms with Crippen LogP contribution in [0.15, 0.2) is 35.3 Å². The molecule has 0 radical (unpaired) electrons. The highest BCUT2D eigenvalue weighted by atomic mass is 16.5. The molecule has 0 bridgehead atoms. The van der Waals surface area contributed by atoms with Gasteiger partial charge in [-0.1, -0.05) is 32.0 Å². The van der Waals surface area contributed by atoms with Crippen molar-refractivity contribution >= 4 is 16.8 Å². The molecule has 3 rings (SSSR count). The lowest BCUT2D eigenvalue weighted by atomic mass is 10.1.